The van der Waals surface area contributed by atoms with E-state index in [2.05, 4.69) is 13.8 Å². The van der Waals surface area contributed by atoms with Gasteiger partial charge in [-0.2, -0.15) is 0 Å². The molecule has 0 radical (unpaired) electrons. The van der Waals surface area contributed by atoms with Crippen molar-refractivity contribution in [2.24, 2.45) is 40.2 Å². The number of carbonyl (C=O) groups excluding carboxylic acids is 2. The third kappa shape index (κ3) is 2.99. The van der Waals surface area contributed by atoms with Gasteiger partial charge in [-0.25, -0.2) is 8.78 Å². The first-order chi connectivity index (χ1) is 13.5. The number of carbonyl (C=O) groups is 2. The fourth-order valence-electron chi connectivity index (χ4n) is 8.07. The second-order valence-electron chi connectivity index (χ2n) is 10.9. The van der Waals surface area contributed by atoms with Gasteiger partial charge in [-0.15, -0.1) is 0 Å². The summed E-state index contributed by atoms with van der Waals surface area (Å²) in [5.74, 6) is -3.60. The summed E-state index contributed by atoms with van der Waals surface area (Å²) in [6.45, 7) is 4.26. The standard InChI is InChI=1S/C23H35F2NO3/c1-20-10-9-17-19(16(20)6-4-14(20)5-7-18(28)29-3)23(24,25)13-22(26)12-15(27)8-11-21(17,22)2/h14,16-17,19H,4-13,26H2,1-3H3. The van der Waals surface area contributed by atoms with Crippen molar-refractivity contribution in [3.8, 4) is 0 Å². The summed E-state index contributed by atoms with van der Waals surface area (Å²) >= 11 is 0. The molecule has 2 N–H and O–H groups in total. The van der Waals surface area contributed by atoms with E-state index >= 15 is 8.78 Å². The minimum Gasteiger partial charge on any atom is -0.469 e. The molecule has 4 saturated carbocycles. The van der Waals surface area contributed by atoms with Crippen LogP contribution in [0.25, 0.3) is 0 Å². The molecule has 0 aromatic heterocycles. The predicted octanol–water partition coefficient (Wildman–Crippen LogP) is 4.49. The van der Waals surface area contributed by atoms with Crippen LogP contribution in [0.1, 0.15) is 78.1 Å². The van der Waals surface area contributed by atoms with Crippen LogP contribution in [0.5, 0.6) is 0 Å². The van der Waals surface area contributed by atoms with Crippen molar-refractivity contribution >= 4 is 11.8 Å². The Labute approximate surface area is 172 Å². The van der Waals surface area contributed by atoms with Crippen LogP contribution in [0.2, 0.25) is 0 Å². The average Bonchev–Trinajstić information content (AvgIpc) is 2.97. The molecule has 0 heterocycles. The van der Waals surface area contributed by atoms with E-state index in [9.17, 15) is 9.59 Å². The monoisotopic (exact) mass is 411 g/mol. The molecule has 7 unspecified atom stereocenters. The Balaban J connectivity index is 1.64. The lowest BCUT2D eigenvalue weighted by Crippen LogP contribution is -2.71. The summed E-state index contributed by atoms with van der Waals surface area (Å²) in [4.78, 5) is 23.7. The zero-order valence-electron chi connectivity index (χ0n) is 17.9. The highest BCUT2D eigenvalue weighted by Crippen LogP contribution is 2.71. The first kappa shape index (κ1) is 21.2. The summed E-state index contributed by atoms with van der Waals surface area (Å²) in [6.07, 6.45) is 5.24. The van der Waals surface area contributed by atoms with Gasteiger partial charge in [0.25, 0.3) is 5.92 Å². The van der Waals surface area contributed by atoms with Crippen molar-refractivity contribution in [2.45, 2.75) is 89.5 Å². The number of halogens is 2. The van der Waals surface area contributed by atoms with Crippen molar-refractivity contribution in [3.63, 3.8) is 0 Å². The molecule has 4 aliphatic carbocycles. The van der Waals surface area contributed by atoms with Gasteiger partial charge in [0, 0.05) is 37.1 Å². The molecule has 29 heavy (non-hydrogen) atoms. The van der Waals surface area contributed by atoms with E-state index in [1.807, 2.05) is 0 Å². The van der Waals surface area contributed by atoms with Gasteiger partial charge in [0.2, 0.25) is 0 Å². The lowest BCUT2D eigenvalue weighted by molar-refractivity contribution is -0.236. The number of hydrogen-bond donors (Lipinski definition) is 1. The van der Waals surface area contributed by atoms with Crippen molar-refractivity contribution in [1.29, 1.82) is 0 Å². The molecule has 0 bridgehead atoms. The van der Waals surface area contributed by atoms with Crippen LogP contribution >= 0.6 is 0 Å². The lowest BCUT2D eigenvalue weighted by Gasteiger charge is -2.65. The molecule has 0 aromatic rings. The fraction of sp³-hybridized carbons (Fsp3) is 0.913. The number of nitrogens with two attached hydrogens (primary N) is 1. The van der Waals surface area contributed by atoms with Gasteiger partial charge in [-0.3, -0.25) is 9.59 Å². The molecule has 4 fully saturated rings. The molecule has 4 nitrogen and oxygen atoms in total. The van der Waals surface area contributed by atoms with E-state index in [-0.39, 0.29) is 47.8 Å². The van der Waals surface area contributed by atoms with Crippen molar-refractivity contribution in [1.82, 2.24) is 0 Å². The third-order valence-corrected chi connectivity index (χ3v) is 9.82. The summed E-state index contributed by atoms with van der Waals surface area (Å²) in [6, 6.07) is 0. The van der Waals surface area contributed by atoms with E-state index in [1.54, 1.807) is 0 Å². The number of esters is 1. The number of hydrogen-bond acceptors (Lipinski definition) is 4. The highest BCUT2D eigenvalue weighted by molar-refractivity contribution is 5.81. The highest BCUT2D eigenvalue weighted by Gasteiger charge is 2.71. The Hall–Kier alpha value is -1.04. The minimum atomic E-state index is -2.85. The van der Waals surface area contributed by atoms with E-state index in [4.69, 9.17) is 10.5 Å². The van der Waals surface area contributed by atoms with Crippen molar-refractivity contribution in [2.75, 3.05) is 7.11 Å². The fourth-order valence-corrected chi connectivity index (χ4v) is 8.07. The van der Waals surface area contributed by atoms with Crippen LogP contribution in [0.15, 0.2) is 0 Å². The molecule has 4 rings (SSSR count). The van der Waals surface area contributed by atoms with Crippen LogP contribution in [-0.4, -0.2) is 30.3 Å². The van der Waals surface area contributed by atoms with E-state index in [0.717, 1.165) is 32.1 Å². The summed E-state index contributed by atoms with van der Waals surface area (Å²) in [5.41, 5.74) is 4.96. The van der Waals surface area contributed by atoms with Crippen LogP contribution in [0.4, 0.5) is 8.78 Å². The molecule has 0 aromatic carbocycles. The molecular weight excluding hydrogens is 376 g/mol. The predicted molar refractivity (Wildman–Crippen MR) is 105 cm³/mol. The number of Topliss-reactive ketones (excluding diaryl/α,β-unsaturated/α-hetero) is 1. The summed E-state index contributed by atoms with van der Waals surface area (Å²) in [5, 5.41) is 0. The topological polar surface area (TPSA) is 69.4 Å². The maximum Gasteiger partial charge on any atom is 0.305 e. The third-order valence-electron chi connectivity index (χ3n) is 9.82. The molecule has 4 aliphatic rings. The van der Waals surface area contributed by atoms with E-state index < -0.39 is 22.8 Å². The molecule has 6 heteroatoms. The number of ketones is 1. The number of methoxy groups -OCH3 is 1. The Morgan fingerprint density at radius 1 is 1.17 bits per heavy atom. The lowest BCUT2D eigenvalue weighted by atomic mass is 9.41. The first-order valence-electron chi connectivity index (χ1n) is 11.2. The van der Waals surface area contributed by atoms with Gasteiger partial charge in [0.1, 0.15) is 5.78 Å². The van der Waals surface area contributed by atoms with Crippen LogP contribution in [0, 0.1) is 34.5 Å². The number of fused-ring (bicyclic) bond motifs is 5. The van der Waals surface area contributed by atoms with Gasteiger partial charge in [0.05, 0.1) is 7.11 Å². The molecule has 0 spiro atoms. The van der Waals surface area contributed by atoms with Crippen molar-refractivity contribution in [3.05, 3.63) is 0 Å². The maximum atomic E-state index is 15.7. The molecule has 7 atom stereocenters. The first-order valence-corrected chi connectivity index (χ1v) is 11.2. The van der Waals surface area contributed by atoms with Gasteiger partial charge in [0.15, 0.2) is 0 Å². The van der Waals surface area contributed by atoms with Crippen LogP contribution in [-0.2, 0) is 14.3 Å². The van der Waals surface area contributed by atoms with Crippen molar-refractivity contribution < 1.29 is 23.1 Å². The maximum absolute atomic E-state index is 15.7. The quantitative estimate of drug-likeness (QED) is 0.695. The molecule has 0 saturated heterocycles. The van der Waals surface area contributed by atoms with Gasteiger partial charge in [-0.1, -0.05) is 13.8 Å². The Morgan fingerprint density at radius 2 is 1.90 bits per heavy atom. The highest BCUT2D eigenvalue weighted by atomic mass is 19.3. The molecular formula is C23H35F2NO3. The average molecular weight is 412 g/mol. The van der Waals surface area contributed by atoms with Gasteiger partial charge < -0.3 is 10.5 Å². The number of ether oxygens (including phenoxy) is 1. The second-order valence-corrected chi connectivity index (χ2v) is 10.9. The zero-order chi connectivity index (χ0) is 21.2. The normalized spacial score (nSPS) is 48.4. The molecule has 0 amide bonds. The summed E-state index contributed by atoms with van der Waals surface area (Å²) in [7, 11) is 1.39. The van der Waals surface area contributed by atoms with E-state index in [0.29, 0.717) is 19.3 Å². The van der Waals surface area contributed by atoms with Gasteiger partial charge in [-0.05, 0) is 67.1 Å². The number of alkyl halides is 2. The molecule has 164 valence electrons. The Kier molecular flexibility index (Phi) is 4.92. The van der Waals surface area contributed by atoms with E-state index in [1.165, 1.54) is 7.11 Å². The van der Waals surface area contributed by atoms with Gasteiger partial charge >= 0.3 is 5.97 Å². The minimum absolute atomic E-state index is 0.0311. The smallest absolute Gasteiger partial charge is 0.305 e. The molecule has 0 aliphatic heterocycles. The largest absolute Gasteiger partial charge is 0.469 e. The number of rotatable bonds is 3. The van der Waals surface area contributed by atoms with Crippen LogP contribution in [0.3, 0.4) is 0 Å². The van der Waals surface area contributed by atoms with Crippen LogP contribution < -0.4 is 5.73 Å². The Bertz CT molecular complexity index is 712. The SMILES string of the molecule is COC(=O)CCC1CCC2C3C(CCC12C)C1(C)CCC(=O)CC1(N)CC3(F)F. The second kappa shape index (κ2) is 6.73. The Morgan fingerprint density at radius 3 is 2.59 bits per heavy atom. The zero-order valence-corrected chi connectivity index (χ0v) is 17.9. The summed E-state index contributed by atoms with van der Waals surface area (Å²) < 4.78 is 36.2.